The molecule has 2 heterocycles. The van der Waals surface area contributed by atoms with Gasteiger partial charge in [-0.3, -0.25) is 9.78 Å². The second-order valence-corrected chi connectivity index (χ2v) is 6.30. The molecule has 1 aromatic carbocycles. The van der Waals surface area contributed by atoms with E-state index in [1.54, 1.807) is 24.3 Å². The first kappa shape index (κ1) is 20.7. The van der Waals surface area contributed by atoms with E-state index in [1.807, 2.05) is 0 Å². The molecule has 0 radical (unpaired) electrons. The third kappa shape index (κ3) is 5.09. The number of H-pyrrole nitrogens is 1. The lowest BCUT2D eigenvalue weighted by molar-refractivity contribution is -0.142. The van der Waals surface area contributed by atoms with E-state index >= 15 is 0 Å². The highest BCUT2D eigenvalue weighted by atomic mass is 19.4. The fourth-order valence-electron chi connectivity index (χ4n) is 2.73. The average Bonchev–Trinajstić information content (AvgIpc) is 3.27. The van der Waals surface area contributed by atoms with E-state index in [1.165, 1.54) is 11.8 Å². The lowest BCUT2D eigenvalue weighted by Crippen LogP contribution is -2.10. The van der Waals surface area contributed by atoms with Gasteiger partial charge >= 0.3 is 12.4 Å². The zero-order valence-electron chi connectivity index (χ0n) is 15.1. The van der Waals surface area contributed by atoms with Crippen LogP contribution in [-0.2, 0) is 31.7 Å². The molecule has 2 aromatic heterocycles. The lowest BCUT2D eigenvalue weighted by atomic mass is 10.1. The van der Waals surface area contributed by atoms with Crippen LogP contribution < -0.4 is 4.74 Å². The van der Waals surface area contributed by atoms with Crippen LogP contribution in [-0.4, -0.2) is 27.1 Å². The molecular weight excluding hydrogens is 402 g/mol. The van der Waals surface area contributed by atoms with Crippen molar-refractivity contribution in [1.82, 2.24) is 20.0 Å². The van der Waals surface area contributed by atoms with Crippen molar-refractivity contribution < 1.29 is 31.1 Å². The molecule has 0 amide bonds. The summed E-state index contributed by atoms with van der Waals surface area (Å²) in [5.41, 5.74) is -1.01. The average molecular weight is 418 g/mol. The summed E-state index contributed by atoms with van der Waals surface area (Å²) in [6, 6.07) is 8.49. The van der Waals surface area contributed by atoms with Crippen molar-refractivity contribution in [3.8, 4) is 5.75 Å². The zero-order valence-corrected chi connectivity index (χ0v) is 15.1. The maximum absolute atomic E-state index is 13.1. The van der Waals surface area contributed by atoms with Gasteiger partial charge in [-0.05, 0) is 42.7 Å². The summed E-state index contributed by atoms with van der Waals surface area (Å²) in [6.45, 7) is 0.0756. The second-order valence-electron chi connectivity index (χ2n) is 6.30. The molecule has 1 N–H and O–H groups in total. The van der Waals surface area contributed by atoms with Gasteiger partial charge in [0, 0.05) is 11.4 Å². The number of nitrogens with zero attached hydrogens (tertiary/aromatic N) is 3. The molecule has 0 aliphatic rings. The highest BCUT2D eigenvalue weighted by molar-refractivity contribution is 5.28. The lowest BCUT2D eigenvalue weighted by Gasteiger charge is -2.08. The number of methoxy groups -OCH3 is 1. The van der Waals surface area contributed by atoms with Crippen molar-refractivity contribution in [3.63, 3.8) is 0 Å². The topological polar surface area (TPSA) is 55.7 Å². The van der Waals surface area contributed by atoms with Crippen LogP contribution in [0.1, 0.15) is 28.3 Å². The van der Waals surface area contributed by atoms with Gasteiger partial charge in [-0.25, -0.2) is 0 Å². The maximum atomic E-state index is 13.1. The van der Waals surface area contributed by atoms with Gasteiger partial charge in [0.2, 0.25) is 0 Å². The van der Waals surface area contributed by atoms with Crippen molar-refractivity contribution >= 4 is 0 Å². The summed E-state index contributed by atoms with van der Waals surface area (Å²) in [7, 11) is 1.50. The van der Waals surface area contributed by atoms with Crippen LogP contribution in [0.5, 0.6) is 5.75 Å². The normalized spacial score (nSPS) is 12.4. The summed E-state index contributed by atoms with van der Waals surface area (Å²) in [5.74, 6) is 0.602. The number of alkyl halides is 6. The molecule has 11 heteroatoms. The first-order chi connectivity index (χ1) is 13.6. The molecule has 5 nitrogen and oxygen atoms in total. The van der Waals surface area contributed by atoms with E-state index < -0.39 is 23.7 Å². The molecule has 156 valence electrons. The van der Waals surface area contributed by atoms with Gasteiger partial charge in [-0.2, -0.15) is 36.5 Å². The number of halogens is 6. The Morgan fingerprint density at radius 1 is 0.931 bits per heavy atom. The van der Waals surface area contributed by atoms with E-state index in [0.29, 0.717) is 11.3 Å². The van der Waals surface area contributed by atoms with Gasteiger partial charge in [-0.15, -0.1) is 0 Å². The molecule has 0 saturated carbocycles. The third-order valence-electron chi connectivity index (χ3n) is 4.22. The van der Waals surface area contributed by atoms with Gasteiger partial charge < -0.3 is 4.74 Å². The van der Waals surface area contributed by atoms with Gasteiger partial charge in [0.15, 0.2) is 11.4 Å². The van der Waals surface area contributed by atoms with Crippen LogP contribution in [0.15, 0.2) is 36.4 Å². The van der Waals surface area contributed by atoms with Crippen molar-refractivity contribution in [2.24, 2.45) is 0 Å². The highest BCUT2D eigenvalue weighted by Crippen LogP contribution is 2.30. The summed E-state index contributed by atoms with van der Waals surface area (Å²) < 4.78 is 83.4. The minimum atomic E-state index is -4.63. The second kappa shape index (κ2) is 7.80. The number of aryl methyl sites for hydroxylation is 2. The van der Waals surface area contributed by atoms with E-state index in [4.69, 9.17) is 4.74 Å². The van der Waals surface area contributed by atoms with Gasteiger partial charge in [0.25, 0.3) is 0 Å². The van der Waals surface area contributed by atoms with Gasteiger partial charge in [-0.1, -0.05) is 12.1 Å². The minimum Gasteiger partial charge on any atom is -0.497 e. The number of ether oxygens (including phenoxy) is 1. The first-order valence-corrected chi connectivity index (χ1v) is 8.44. The van der Waals surface area contributed by atoms with Crippen LogP contribution in [0.3, 0.4) is 0 Å². The SMILES string of the molecule is COc1ccc(Cn2nc(C(F)(F)F)cc2CCc2cc(C(F)(F)F)n[nH]2)cc1. The van der Waals surface area contributed by atoms with Crippen molar-refractivity contribution in [2.45, 2.75) is 31.7 Å². The molecule has 0 spiro atoms. The predicted octanol–water partition coefficient (Wildman–Crippen LogP) is 4.49. The predicted molar refractivity (Wildman–Crippen MR) is 90.3 cm³/mol. The standard InChI is InChI=1S/C18H16F6N4O/c1-29-14-6-2-11(3-7-14)10-28-13(9-16(27-28)18(22,23)24)5-4-12-8-15(26-25-12)17(19,20)21/h2-3,6-9H,4-5,10H2,1H3,(H,25,26). The molecule has 29 heavy (non-hydrogen) atoms. The molecule has 0 bridgehead atoms. The van der Waals surface area contributed by atoms with Crippen LogP contribution in [0.2, 0.25) is 0 Å². The third-order valence-corrected chi connectivity index (χ3v) is 4.22. The van der Waals surface area contributed by atoms with E-state index in [0.717, 1.165) is 12.1 Å². The molecular formula is C18H16F6N4O. The van der Waals surface area contributed by atoms with Crippen molar-refractivity contribution in [3.05, 3.63) is 64.7 Å². The number of rotatable bonds is 6. The molecule has 0 atom stereocenters. The number of aromatic amines is 1. The Labute approximate surface area is 161 Å². The number of benzene rings is 1. The Hall–Kier alpha value is -2.98. The molecule has 3 aromatic rings. The number of hydrogen-bond acceptors (Lipinski definition) is 3. The Morgan fingerprint density at radius 2 is 1.59 bits per heavy atom. The Morgan fingerprint density at radius 3 is 2.14 bits per heavy atom. The Bertz CT molecular complexity index is 956. The summed E-state index contributed by atoms with van der Waals surface area (Å²) in [4.78, 5) is 0. The van der Waals surface area contributed by atoms with Crippen LogP contribution in [0.4, 0.5) is 26.3 Å². The minimum absolute atomic E-state index is 0.0503. The van der Waals surface area contributed by atoms with E-state index in [9.17, 15) is 26.3 Å². The fraction of sp³-hybridized carbons (Fsp3) is 0.333. The summed E-state index contributed by atoms with van der Waals surface area (Å²) in [5, 5.41) is 9.08. The first-order valence-electron chi connectivity index (χ1n) is 8.44. The monoisotopic (exact) mass is 418 g/mol. The molecule has 0 fully saturated rings. The van der Waals surface area contributed by atoms with Crippen molar-refractivity contribution in [1.29, 1.82) is 0 Å². The quantitative estimate of drug-likeness (QED) is 0.601. The molecule has 0 aliphatic carbocycles. The van der Waals surface area contributed by atoms with Crippen LogP contribution in [0, 0.1) is 0 Å². The summed E-state index contributed by atoms with van der Waals surface area (Å²) >= 11 is 0. The van der Waals surface area contributed by atoms with Gasteiger partial charge in [0.1, 0.15) is 5.75 Å². The Kier molecular flexibility index (Phi) is 5.58. The fourth-order valence-corrected chi connectivity index (χ4v) is 2.73. The van der Waals surface area contributed by atoms with Crippen LogP contribution >= 0.6 is 0 Å². The highest BCUT2D eigenvalue weighted by Gasteiger charge is 2.35. The number of nitrogens with one attached hydrogen (secondary N) is 1. The molecule has 0 unspecified atom stereocenters. The number of hydrogen-bond donors (Lipinski definition) is 1. The largest absolute Gasteiger partial charge is 0.497 e. The smallest absolute Gasteiger partial charge is 0.435 e. The van der Waals surface area contributed by atoms with Crippen molar-refractivity contribution in [2.75, 3.05) is 7.11 Å². The maximum Gasteiger partial charge on any atom is 0.435 e. The van der Waals surface area contributed by atoms with E-state index in [2.05, 4.69) is 15.3 Å². The molecule has 3 rings (SSSR count). The van der Waals surface area contributed by atoms with Crippen LogP contribution in [0.25, 0.3) is 0 Å². The number of aromatic nitrogens is 4. The zero-order chi connectivity index (χ0) is 21.2. The summed E-state index contributed by atoms with van der Waals surface area (Å²) in [6.07, 6.45) is -9.11. The Balaban J connectivity index is 1.80. The molecule has 0 saturated heterocycles. The van der Waals surface area contributed by atoms with Gasteiger partial charge in [0.05, 0.1) is 13.7 Å². The van der Waals surface area contributed by atoms with E-state index in [-0.39, 0.29) is 30.8 Å². The molecule has 0 aliphatic heterocycles.